The Morgan fingerprint density at radius 3 is 2.58 bits per heavy atom. The van der Waals surface area contributed by atoms with Crippen molar-refractivity contribution in [2.45, 2.75) is 44.0 Å². The predicted molar refractivity (Wildman–Crippen MR) is 73.9 cm³/mol. The molecule has 6 heteroatoms. The zero-order chi connectivity index (χ0) is 13.9. The molecule has 3 N–H and O–H groups in total. The van der Waals surface area contributed by atoms with Gasteiger partial charge in [-0.2, -0.15) is 0 Å². The Morgan fingerprint density at radius 1 is 1.37 bits per heavy atom. The SMILES string of the molecule is CC1(CNS(=O)(=O)c2ccc(CN)nc2)CCCC1. The lowest BCUT2D eigenvalue weighted by Gasteiger charge is -2.23. The van der Waals surface area contributed by atoms with Gasteiger partial charge in [0.05, 0.1) is 5.69 Å². The highest BCUT2D eigenvalue weighted by molar-refractivity contribution is 7.89. The average molecular weight is 283 g/mol. The number of aromatic nitrogens is 1. The third-order valence-electron chi connectivity index (χ3n) is 3.82. The summed E-state index contributed by atoms with van der Waals surface area (Å²) in [6, 6.07) is 3.19. The van der Waals surface area contributed by atoms with E-state index in [1.54, 1.807) is 12.1 Å². The molecular weight excluding hydrogens is 262 g/mol. The summed E-state index contributed by atoms with van der Waals surface area (Å²) in [7, 11) is -3.46. The Morgan fingerprint density at radius 2 is 2.05 bits per heavy atom. The molecule has 1 fully saturated rings. The van der Waals surface area contributed by atoms with Gasteiger partial charge in [-0.05, 0) is 30.4 Å². The van der Waals surface area contributed by atoms with Crippen LogP contribution in [0.1, 0.15) is 38.3 Å². The Labute approximate surface area is 114 Å². The molecule has 5 nitrogen and oxygen atoms in total. The van der Waals surface area contributed by atoms with Crippen LogP contribution in [-0.2, 0) is 16.6 Å². The first-order valence-corrected chi connectivity index (χ1v) is 8.08. The quantitative estimate of drug-likeness (QED) is 0.855. The standard InChI is InChI=1S/C13H21N3O2S/c1-13(6-2-3-7-13)10-16-19(17,18)12-5-4-11(8-14)15-9-12/h4-5,9,16H,2-3,6-8,10,14H2,1H3. The fourth-order valence-corrected chi connectivity index (χ4v) is 3.59. The minimum Gasteiger partial charge on any atom is -0.325 e. The smallest absolute Gasteiger partial charge is 0.242 e. The summed E-state index contributed by atoms with van der Waals surface area (Å²) < 4.78 is 27.0. The maximum absolute atomic E-state index is 12.1. The number of nitrogens with zero attached hydrogens (tertiary/aromatic N) is 1. The molecule has 0 bridgehead atoms. The van der Waals surface area contributed by atoms with Crippen molar-refractivity contribution in [1.29, 1.82) is 0 Å². The average Bonchev–Trinajstić information content (AvgIpc) is 2.84. The van der Waals surface area contributed by atoms with E-state index in [1.807, 2.05) is 0 Å². The van der Waals surface area contributed by atoms with E-state index in [9.17, 15) is 8.42 Å². The minimum absolute atomic E-state index is 0.0949. The lowest BCUT2D eigenvalue weighted by atomic mass is 9.89. The van der Waals surface area contributed by atoms with E-state index in [1.165, 1.54) is 19.0 Å². The lowest BCUT2D eigenvalue weighted by Crippen LogP contribution is -2.34. The van der Waals surface area contributed by atoms with Crippen LogP contribution in [0.15, 0.2) is 23.2 Å². The molecule has 0 radical (unpaired) electrons. The van der Waals surface area contributed by atoms with Gasteiger partial charge < -0.3 is 5.73 Å². The summed E-state index contributed by atoms with van der Waals surface area (Å²) in [5.74, 6) is 0. The van der Waals surface area contributed by atoms with E-state index in [0.29, 0.717) is 18.8 Å². The van der Waals surface area contributed by atoms with Gasteiger partial charge in [0.2, 0.25) is 10.0 Å². The molecule has 0 saturated heterocycles. The van der Waals surface area contributed by atoms with Crippen molar-refractivity contribution in [2.24, 2.45) is 11.1 Å². The Hall–Kier alpha value is -0.980. The van der Waals surface area contributed by atoms with E-state index < -0.39 is 10.0 Å². The zero-order valence-electron chi connectivity index (χ0n) is 11.2. The molecule has 0 aromatic carbocycles. The maximum atomic E-state index is 12.1. The normalized spacial score (nSPS) is 18.6. The van der Waals surface area contributed by atoms with E-state index >= 15 is 0 Å². The monoisotopic (exact) mass is 283 g/mol. The molecule has 2 rings (SSSR count). The zero-order valence-corrected chi connectivity index (χ0v) is 12.0. The van der Waals surface area contributed by atoms with Crippen LogP contribution in [0.4, 0.5) is 0 Å². The van der Waals surface area contributed by atoms with Crippen LogP contribution in [0.2, 0.25) is 0 Å². The Balaban J connectivity index is 2.05. The second kappa shape index (κ2) is 5.56. The minimum atomic E-state index is -3.46. The van der Waals surface area contributed by atoms with Crippen LogP contribution in [0.3, 0.4) is 0 Å². The van der Waals surface area contributed by atoms with Crippen LogP contribution in [0.25, 0.3) is 0 Å². The highest BCUT2D eigenvalue weighted by atomic mass is 32.2. The molecule has 0 spiro atoms. The third-order valence-corrected chi connectivity index (χ3v) is 5.20. The second-order valence-electron chi connectivity index (χ2n) is 5.53. The number of nitrogens with two attached hydrogens (primary N) is 1. The summed E-state index contributed by atoms with van der Waals surface area (Å²) in [6.07, 6.45) is 5.90. The van der Waals surface area contributed by atoms with Crippen molar-refractivity contribution >= 4 is 10.0 Å². The molecule has 19 heavy (non-hydrogen) atoms. The molecule has 0 aliphatic heterocycles. The van der Waals surface area contributed by atoms with Crippen LogP contribution in [0, 0.1) is 5.41 Å². The molecule has 1 aliphatic rings. The number of rotatable bonds is 5. The molecule has 0 amide bonds. The van der Waals surface area contributed by atoms with Gasteiger partial charge in [-0.25, -0.2) is 13.1 Å². The van der Waals surface area contributed by atoms with E-state index in [2.05, 4.69) is 16.6 Å². The first kappa shape index (κ1) is 14.4. The molecule has 1 heterocycles. The van der Waals surface area contributed by atoms with Gasteiger partial charge in [0.1, 0.15) is 4.90 Å². The van der Waals surface area contributed by atoms with Crippen molar-refractivity contribution < 1.29 is 8.42 Å². The highest BCUT2D eigenvalue weighted by Gasteiger charge is 2.30. The molecular formula is C13H21N3O2S. The van der Waals surface area contributed by atoms with Crippen LogP contribution < -0.4 is 10.5 Å². The fourth-order valence-electron chi connectivity index (χ4n) is 2.45. The van der Waals surface area contributed by atoms with E-state index in [-0.39, 0.29) is 10.3 Å². The molecule has 1 aromatic heterocycles. The van der Waals surface area contributed by atoms with Crippen molar-refractivity contribution in [3.63, 3.8) is 0 Å². The molecule has 106 valence electrons. The van der Waals surface area contributed by atoms with Crippen LogP contribution in [-0.4, -0.2) is 19.9 Å². The van der Waals surface area contributed by atoms with Crippen molar-refractivity contribution in [2.75, 3.05) is 6.54 Å². The van der Waals surface area contributed by atoms with Gasteiger partial charge in [-0.3, -0.25) is 4.98 Å². The fraction of sp³-hybridized carbons (Fsp3) is 0.615. The molecule has 1 saturated carbocycles. The first-order valence-electron chi connectivity index (χ1n) is 6.60. The van der Waals surface area contributed by atoms with Crippen LogP contribution in [0.5, 0.6) is 0 Å². The molecule has 1 aromatic rings. The van der Waals surface area contributed by atoms with Gasteiger partial charge in [0.15, 0.2) is 0 Å². The van der Waals surface area contributed by atoms with E-state index in [0.717, 1.165) is 12.8 Å². The summed E-state index contributed by atoms with van der Waals surface area (Å²) in [5, 5.41) is 0. The number of nitrogens with one attached hydrogen (secondary N) is 1. The van der Waals surface area contributed by atoms with Crippen LogP contribution >= 0.6 is 0 Å². The Bertz CT molecular complexity index is 519. The van der Waals surface area contributed by atoms with Crippen molar-refractivity contribution in [1.82, 2.24) is 9.71 Å². The van der Waals surface area contributed by atoms with Gasteiger partial charge in [0.25, 0.3) is 0 Å². The van der Waals surface area contributed by atoms with Gasteiger partial charge >= 0.3 is 0 Å². The molecule has 0 unspecified atom stereocenters. The number of hydrogen-bond acceptors (Lipinski definition) is 4. The molecule has 0 atom stereocenters. The Kier molecular flexibility index (Phi) is 4.23. The lowest BCUT2D eigenvalue weighted by molar-refractivity contribution is 0.336. The summed E-state index contributed by atoms with van der Waals surface area (Å²) in [4.78, 5) is 4.22. The number of sulfonamides is 1. The largest absolute Gasteiger partial charge is 0.325 e. The van der Waals surface area contributed by atoms with Crippen molar-refractivity contribution in [3.8, 4) is 0 Å². The molecule has 1 aliphatic carbocycles. The summed E-state index contributed by atoms with van der Waals surface area (Å²) in [5.41, 5.74) is 6.22. The number of pyridine rings is 1. The second-order valence-corrected chi connectivity index (χ2v) is 7.30. The summed E-state index contributed by atoms with van der Waals surface area (Å²) >= 11 is 0. The van der Waals surface area contributed by atoms with Gasteiger partial charge in [-0.15, -0.1) is 0 Å². The first-order chi connectivity index (χ1) is 8.95. The number of hydrogen-bond donors (Lipinski definition) is 2. The van der Waals surface area contributed by atoms with E-state index in [4.69, 9.17) is 5.73 Å². The predicted octanol–water partition coefficient (Wildman–Crippen LogP) is 1.40. The highest BCUT2D eigenvalue weighted by Crippen LogP contribution is 2.36. The summed E-state index contributed by atoms with van der Waals surface area (Å²) in [6.45, 7) is 2.94. The topological polar surface area (TPSA) is 85.1 Å². The van der Waals surface area contributed by atoms with Crippen molar-refractivity contribution in [3.05, 3.63) is 24.0 Å². The maximum Gasteiger partial charge on any atom is 0.242 e. The van der Waals surface area contributed by atoms with Gasteiger partial charge in [-0.1, -0.05) is 19.8 Å². The third kappa shape index (κ3) is 3.52. The van der Waals surface area contributed by atoms with Gasteiger partial charge in [0, 0.05) is 19.3 Å².